The summed E-state index contributed by atoms with van der Waals surface area (Å²) in [4.78, 5) is 0. The summed E-state index contributed by atoms with van der Waals surface area (Å²) < 4.78 is 51.2. The lowest BCUT2D eigenvalue weighted by Gasteiger charge is -2.03. The van der Waals surface area contributed by atoms with Crippen molar-refractivity contribution in [3.63, 3.8) is 0 Å². The third-order valence-electron chi connectivity index (χ3n) is 2.25. The molecule has 90 valence electrons. The van der Waals surface area contributed by atoms with Gasteiger partial charge in [-0.1, -0.05) is 18.2 Å². The minimum atomic E-state index is -4.42. The predicted octanol–water partition coefficient (Wildman–Crippen LogP) is 3.09. The second kappa shape index (κ2) is 4.20. The minimum absolute atomic E-state index is 0.0250. The van der Waals surface area contributed by atoms with Crippen molar-refractivity contribution in [2.45, 2.75) is 12.7 Å². The van der Waals surface area contributed by atoms with Gasteiger partial charge in [0, 0.05) is 11.8 Å². The van der Waals surface area contributed by atoms with Crippen molar-refractivity contribution in [3.05, 3.63) is 53.6 Å². The number of nitrogens with zero attached hydrogens (tertiary/aromatic N) is 2. The van der Waals surface area contributed by atoms with Crippen LogP contribution in [0.3, 0.4) is 0 Å². The lowest BCUT2D eigenvalue weighted by molar-refractivity contribution is -0.137. The predicted molar refractivity (Wildman–Crippen MR) is 52.7 cm³/mol. The van der Waals surface area contributed by atoms with Gasteiger partial charge in [0.15, 0.2) is 0 Å². The van der Waals surface area contributed by atoms with Gasteiger partial charge in [0.1, 0.15) is 5.82 Å². The molecule has 0 fully saturated rings. The highest BCUT2D eigenvalue weighted by atomic mass is 19.4. The number of halogens is 4. The number of hydrogen-bond donors (Lipinski definition) is 0. The highest BCUT2D eigenvalue weighted by Gasteiger charge is 2.32. The molecule has 0 N–H and O–H groups in total. The fourth-order valence-corrected chi connectivity index (χ4v) is 1.40. The third-order valence-corrected chi connectivity index (χ3v) is 2.25. The van der Waals surface area contributed by atoms with Gasteiger partial charge in [0.25, 0.3) is 0 Å². The third kappa shape index (κ3) is 2.64. The van der Waals surface area contributed by atoms with Crippen LogP contribution >= 0.6 is 0 Å². The van der Waals surface area contributed by atoms with Gasteiger partial charge in [0.2, 0.25) is 0 Å². The molecule has 2 rings (SSSR count). The summed E-state index contributed by atoms with van der Waals surface area (Å²) in [7, 11) is 0. The van der Waals surface area contributed by atoms with Crippen LogP contribution in [0.25, 0.3) is 0 Å². The molecule has 2 nitrogen and oxygen atoms in total. The molecule has 0 aliphatic rings. The van der Waals surface area contributed by atoms with Crippen molar-refractivity contribution >= 4 is 0 Å². The van der Waals surface area contributed by atoms with Crippen LogP contribution in [0.1, 0.15) is 11.1 Å². The zero-order valence-corrected chi connectivity index (χ0v) is 8.58. The number of rotatable bonds is 2. The highest BCUT2D eigenvalue weighted by molar-refractivity contribution is 5.18. The molecule has 6 heteroatoms. The summed E-state index contributed by atoms with van der Waals surface area (Å²) in [5.74, 6) is -0.462. The lowest BCUT2D eigenvalue weighted by atomic mass is 10.2. The summed E-state index contributed by atoms with van der Waals surface area (Å²) in [6.45, 7) is -0.0250. The fraction of sp³-hybridized carbons (Fsp3) is 0.182. The Balaban J connectivity index is 2.21. The van der Waals surface area contributed by atoms with Gasteiger partial charge in [0.05, 0.1) is 18.3 Å². The van der Waals surface area contributed by atoms with Gasteiger partial charge in [-0.05, 0) is 6.07 Å². The van der Waals surface area contributed by atoms with Crippen molar-refractivity contribution in [2.24, 2.45) is 0 Å². The molecular weight excluding hydrogens is 236 g/mol. The first-order chi connectivity index (χ1) is 7.97. The van der Waals surface area contributed by atoms with E-state index in [9.17, 15) is 17.6 Å². The van der Waals surface area contributed by atoms with Gasteiger partial charge >= 0.3 is 6.18 Å². The summed E-state index contributed by atoms with van der Waals surface area (Å²) >= 11 is 0. The van der Waals surface area contributed by atoms with E-state index in [4.69, 9.17) is 0 Å². The van der Waals surface area contributed by atoms with Gasteiger partial charge in [-0.2, -0.15) is 18.3 Å². The number of alkyl halides is 3. The molecule has 17 heavy (non-hydrogen) atoms. The molecule has 0 radical (unpaired) electrons. The molecule has 0 aliphatic carbocycles. The summed E-state index contributed by atoms with van der Waals surface area (Å²) in [6.07, 6.45) is -2.85. The van der Waals surface area contributed by atoms with Crippen LogP contribution in [0.15, 0.2) is 36.7 Å². The molecule has 0 atom stereocenters. The van der Waals surface area contributed by atoms with Gasteiger partial charge < -0.3 is 0 Å². The molecular formula is C11H8F4N2. The summed E-state index contributed by atoms with van der Waals surface area (Å²) in [5.41, 5.74) is -0.543. The quantitative estimate of drug-likeness (QED) is 0.742. The van der Waals surface area contributed by atoms with Crippen molar-refractivity contribution in [3.8, 4) is 0 Å². The van der Waals surface area contributed by atoms with Gasteiger partial charge in [-0.15, -0.1) is 0 Å². The van der Waals surface area contributed by atoms with E-state index >= 15 is 0 Å². The summed E-state index contributed by atoms with van der Waals surface area (Å²) in [5, 5.41) is 3.55. The van der Waals surface area contributed by atoms with Crippen LogP contribution in [0, 0.1) is 5.82 Å². The Labute approximate surface area is 94.5 Å². The van der Waals surface area contributed by atoms with E-state index < -0.39 is 17.6 Å². The Bertz CT molecular complexity index is 516. The maximum atomic E-state index is 13.3. The van der Waals surface area contributed by atoms with Crippen LogP contribution in [0.5, 0.6) is 0 Å². The van der Waals surface area contributed by atoms with Gasteiger partial charge in [-0.25, -0.2) is 4.39 Å². The van der Waals surface area contributed by atoms with E-state index in [1.165, 1.54) is 18.2 Å². The average Bonchev–Trinajstić information content (AvgIpc) is 2.69. The molecule has 0 amide bonds. The molecule has 0 unspecified atom stereocenters. The van der Waals surface area contributed by atoms with Gasteiger partial charge in [-0.3, -0.25) is 4.68 Å². The number of hydrogen-bond acceptors (Lipinski definition) is 1. The van der Waals surface area contributed by atoms with E-state index in [-0.39, 0.29) is 6.54 Å². The Hall–Kier alpha value is -1.85. The van der Waals surface area contributed by atoms with Crippen LogP contribution < -0.4 is 0 Å². The van der Waals surface area contributed by atoms with Crippen molar-refractivity contribution < 1.29 is 17.6 Å². The van der Waals surface area contributed by atoms with E-state index in [2.05, 4.69) is 5.10 Å². The Kier molecular flexibility index (Phi) is 2.87. The molecule has 0 saturated heterocycles. The van der Waals surface area contributed by atoms with Crippen molar-refractivity contribution in [1.29, 1.82) is 0 Å². The monoisotopic (exact) mass is 244 g/mol. The Morgan fingerprint density at radius 2 is 1.88 bits per heavy atom. The molecule has 0 bridgehead atoms. The molecule has 0 aliphatic heterocycles. The number of aromatic nitrogens is 2. The zero-order valence-electron chi connectivity index (χ0n) is 8.58. The first kappa shape index (κ1) is 11.6. The SMILES string of the molecule is Fc1ccccc1Cn1cc(C(F)(F)F)cn1. The highest BCUT2D eigenvalue weighted by Crippen LogP contribution is 2.28. The van der Waals surface area contributed by atoms with Crippen LogP contribution in [0.2, 0.25) is 0 Å². The first-order valence-electron chi connectivity index (χ1n) is 4.80. The van der Waals surface area contributed by atoms with E-state index in [0.717, 1.165) is 17.1 Å². The molecule has 0 spiro atoms. The van der Waals surface area contributed by atoms with Crippen LogP contribution in [-0.4, -0.2) is 9.78 Å². The second-order valence-electron chi connectivity index (χ2n) is 3.52. The topological polar surface area (TPSA) is 17.8 Å². The largest absolute Gasteiger partial charge is 0.419 e. The van der Waals surface area contributed by atoms with Crippen LogP contribution in [-0.2, 0) is 12.7 Å². The Morgan fingerprint density at radius 1 is 1.18 bits per heavy atom. The smallest absolute Gasteiger partial charge is 0.268 e. The first-order valence-corrected chi connectivity index (χ1v) is 4.80. The second-order valence-corrected chi connectivity index (χ2v) is 3.52. The van der Waals surface area contributed by atoms with E-state index in [1.807, 2.05) is 0 Å². The maximum absolute atomic E-state index is 13.3. The molecule has 2 aromatic rings. The maximum Gasteiger partial charge on any atom is 0.419 e. The zero-order chi connectivity index (χ0) is 12.5. The normalized spacial score (nSPS) is 11.8. The van der Waals surface area contributed by atoms with Crippen LogP contribution in [0.4, 0.5) is 17.6 Å². The molecule has 0 saturated carbocycles. The Morgan fingerprint density at radius 3 is 2.47 bits per heavy atom. The van der Waals surface area contributed by atoms with Crippen molar-refractivity contribution in [1.82, 2.24) is 9.78 Å². The summed E-state index contributed by atoms with van der Waals surface area (Å²) in [6, 6.07) is 5.89. The average molecular weight is 244 g/mol. The van der Waals surface area contributed by atoms with Crippen molar-refractivity contribution in [2.75, 3.05) is 0 Å². The standard InChI is InChI=1S/C11H8F4N2/c12-10-4-2-1-3-8(10)6-17-7-9(5-16-17)11(13,14)15/h1-5,7H,6H2. The van der Waals surface area contributed by atoms with E-state index in [0.29, 0.717) is 5.56 Å². The molecule has 1 aromatic carbocycles. The molecule has 1 aromatic heterocycles. The fourth-order valence-electron chi connectivity index (χ4n) is 1.40. The van der Waals surface area contributed by atoms with E-state index in [1.54, 1.807) is 6.07 Å². The number of benzene rings is 1. The lowest BCUT2D eigenvalue weighted by Crippen LogP contribution is -2.04. The minimum Gasteiger partial charge on any atom is -0.268 e. The molecule has 1 heterocycles.